The van der Waals surface area contributed by atoms with Gasteiger partial charge < -0.3 is 14.2 Å². The second-order valence-electron chi connectivity index (χ2n) is 8.21. The van der Waals surface area contributed by atoms with Crippen LogP contribution in [0, 0.1) is 5.82 Å². The molecule has 1 N–H and O–H groups in total. The molecule has 4 rings (SSSR count). The molecular weight excluding hydrogens is 515 g/mol. The van der Waals surface area contributed by atoms with Crippen molar-refractivity contribution < 1.29 is 33.0 Å². The number of imide groups is 2. The number of nitrogens with one attached hydrogen (secondary N) is 1. The van der Waals surface area contributed by atoms with Gasteiger partial charge in [-0.1, -0.05) is 36.7 Å². The van der Waals surface area contributed by atoms with E-state index in [4.69, 9.17) is 25.8 Å². The maximum absolute atomic E-state index is 14.0. The number of halogens is 2. The van der Waals surface area contributed by atoms with E-state index in [1.165, 1.54) is 31.4 Å². The lowest BCUT2D eigenvalue weighted by Crippen LogP contribution is -2.54. The zero-order valence-corrected chi connectivity index (χ0v) is 21.4. The first-order chi connectivity index (χ1) is 18.3. The number of urea groups is 1. The van der Waals surface area contributed by atoms with Gasteiger partial charge in [-0.15, -0.1) is 0 Å². The molecule has 38 heavy (non-hydrogen) atoms. The number of barbiturate groups is 1. The summed E-state index contributed by atoms with van der Waals surface area (Å²) in [6.07, 6.45) is 2.13. The van der Waals surface area contributed by atoms with Crippen LogP contribution >= 0.6 is 11.6 Å². The summed E-state index contributed by atoms with van der Waals surface area (Å²) in [6.45, 7) is 2.41. The van der Waals surface area contributed by atoms with Gasteiger partial charge in [0.05, 0.1) is 24.4 Å². The van der Waals surface area contributed by atoms with Crippen LogP contribution in [0.15, 0.2) is 66.2 Å². The van der Waals surface area contributed by atoms with Crippen molar-refractivity contribution in [3.8, 4) is 17.2 Å². The van der Waals surface area contributed by atoms with Gasteiger partial charge in [-0.25, -0.2) is 14.1 Å². The Labute approximate surface area is 223 Å². The third-order valence-electron chi connectivity index (χ3n) is 5.56. The van der Waals surface area contributed by atoms with Crippen LogP contribution in [0.4, 0.5) is 14.9 Å². The fraction of sp³-hybridized carbons (Fsp3) is 0.179. The molecule has 4 amide bonds. The molecule has 0 bridgehead atoms. The highest BCUT2D eigenvalue weighted by atomic mass is 35.5. The molecule has 0 saturated carbocycles. The molecular formula is C28H24ClFN2O6. The summed E-state index contributed by atoms with van der Waals surface area (Å²) >= 11 is 6.42. The second kappa shape index (κ2) is 11.8. The van der Waals surface area contributed by atoms with Crippen molar-refractivity contribution in [1.29, 1.82) is 0 Å². The Hall–Kier alpha value is -4.37. The predicted molar refractivity (Wildman–Crippen MR) is 140 cm³/mol. The van der Waals surface area contributed by atoms with Gasteiger partial charge in [0.25, 0.3) is 11.8 Å². The van der Waals surface area contributed by atoms with Crippen LogP contribution in [0.2, 0.25) is 5.02 Å². The summed E-state index contributed by atoms with van der Waals surface area (Å²) in [5.41, 5.74) is 0.661. The number of hydrogen-bond acceptors (Lipinski definition) is 6. The number of methoxy groups -OCH3 is 1. The summed E-state index contributed by atoms with van der Waals surface area (Å²) in [4.78, 5) is 39.2. The van der Waals surface area contributed by atoms with Gasteiger partial charge in [0.1, 0.15) is 23.7 Å². The van der Waals surface area contributed by atoms with Crippen molar-refractivity contribution >= 4 is 41.2 Å². The smallest absolute Gasteiger partial charge is 0.335 e. The molecule has 0 spiro atoms. The number of amides is 4. The Morgan fingerprint density at radius 1 is 1.03 bits per heavy atom. The molecule has 196 valence electrons. The number of rotatable bonds is 9. The quantitative estimate of drug-likeness (QED) is 0.285. The van der Waals surface area contributed by atoms with Crippen molar-refractivity contribution in [1.82, 2.24) is 5.32 Å². The minimum Gasteiger partial charge on any atom is -0.494 e. The lowest BCUT2D eigenvalue weighted by Gasteiger charge is -2.26. The molecule has 1 fully saturated rings. The molecule has 3 aromatic carbocycles. The molecule has 1 heterocycles. The number of hydrogen-bond donors (Lipinski definition) is 1. The van der Waals surface area contributed by atoms with Crippen LogP contribution in [0.25, 0.3) is 6.08 Å². The first-order valence-electron chi connectivity index (χ1n) is 11.7. The Morgan fingerprint density at radius 3 is 2.45 bits per heavy atom. The Kier molecular flexibility index (Phi) is 8.28. The van der Waals surface area contributed by atoms with Crippen LogP contribution in [-0.2, 0) is 16.2 Å². The standard InChI is InChI=1S/C28H24ClFN2O6/c1-3-12-37-20-10-8-19(9-11-20)32-27(34)21(26(33)31-28(32)35)13-17-14-22(29)25(24(15-17)36-2)38-16-18-6-4-5-7-23(18)30/h4-11,13-15H,3,12,16H2,1-2H3,(H,31,33,35)/b21-13-. The number of carbonyl (C=O) groups excluding carboxylic acids is 3. The number of benzene rings is 3. The second-order valence-corrected chi connectivity index (χ2v) is 8.62. The highest BCUT2D eigenvalue weighted by Crippen LogP contribution is 2.38. The van der Waals surface area contributed by atoms with Crippen molar-refractivity contribution in [2.24, 2.45) is 0 Å². The fourth-order valence-corrected chi connectivity index (χ4v) is 3.97. The van der Waals surface area contributed by atoms with Gasteiger partial charge in [0, 0.05) is 5.56 Å². The number of carbonyl (C=O) groups is 3. The van der Waals surface area contributed by atoms with Gasteiger partial charge >= 0.3 is 6.03 Å². The zero-order valence-electron chi connectivity index (χ0n) is 20.6. The molecule has 8 nitrogen and oxygen atoms in total. The fourth-order valence-electron chi connectivity index (χ4n) is 3.70. The lowest BCUT2D eigenvalue weighted by atomic mass is 10.1. The van der Waals surface area contributed by atoms with Crippen LogP contribution in [-0.4, -0.2) is 31.6 Å². The molecule has 0 aromatic heterocycles. The summed E-state index contributed by atoms with van der Waals surface area (Å²) in [6, 6.07) is 14.6. The first kappa shape index (κ1) is 26.7. The molecule has 0 radical (unpaired) electrons. The SMILES string of the molecule is CCCOc1ccc(N2C(=O)NC(=O)/C(=C/c3cc(Cl)c(OCc4ccccc4F)c(OC)c3)C2=O)cc1. The third kappa shape index (κ3) is 5.78. The van der Waals surface area contributed by atoms with Gasteiger partial charge in [0.2, 0.25) is 0 Å². The van der Waals surface area contributed by atoms with E-state index < -0.39 is 23.7 Å². The van der Waals surface area contributed by atoms with Gasteiger partial charge in [0.15, 0.2) is 11.5 Å². The van der Waals surface area contributed by atoms with E-state index in [9.17, 15) is 18.8 Å². The van der Waals surface area contributed by atoms with Crippen LogP contribution in [0.1, 0.15) is 24.5 Å². The Morgan fingerprint density at radius 2 is 1.76 bits per heavy atom. The normalized spacial score (nSPS) is 14.5. The van der Waals surface area contributed by atoms with E-state index in [1.54, 1.807) is 42.5 Å². The van der Waals surface area contributed by atoms with Crippen molar-refractivity contribution in [2.75, 3.05) is 18.6 Å². The third-order valence-corrected chi connectivity index (χ3v) is 5.84. The summed E-state index contributed by atoms with van der Waals surface area (Å²) in [5.74, 6) is -1.12. The molecule has 1 aliphatic rings. The molecule has 1 aliphatic heterocycles. The molecule has 0 aliphatic carbocycles. The molecule has 3 aromatic rings. The van der Waals surface area contributed by atoms with Crippen molar-refractivity contribution in [2.45, 2.75) is 20.0 Å². The van der Waals surface area contributed by atoms with E-state index in [1.807, 2.05) is 6.92 Å². The van der Waals surface area contributed by atoms with Crippen LogP contribution < -0.4 is 24.4 Å². The van der Waals surface area contributed by atoms with E-state index in [0.717, 1.165) is 11.3 Å². The molecule has 10 heteroatoms. The maximum atomic E-state index is 14.0. The summed E-state index contributed by atoms with van der Waals surface area (Å²) in [7, 11) is 1.39. The summed E-state index contributed by atoms with van der Waals surface area (Å²) < 4.78 is 30.6. The molecule has 0 unspecified atom stereocenters. The highest BCUT2D eigenvalue weighted by Gasteiger charge is 2.37. The van der Waals surface area contributed by atoms with Crippen molar-refractivity contribution in [3.05, 3.63) is 88.2 Å². The number of anilines is 1. The van der Waals surface area contributed by atoms with Gasteiger partial charge in [-0.05, 0) is 60.5 Å². The van der Waals surface area contributed by atoms with Crippen LogP contribution in [0.3, 0.4) is 0 Å². The van der Waals surface area contributed by atoms with E-state index >= 15 is 0 Å². The van der Waals surface area contributed by atoms with E-state index in [2.05, 4.69) is 5.32 Å². The van der Waals surface area contributed by atoms with Gasteiger partial charge in [-0.2, -0.15) is 0 Å². The van der Waals surface area contributed by atoms with Crippen LogP contribution in [0.5, 0.6) is 17.2 Å². The average Bonchev–Trinajstić information content (AvgIpc) is 2.90. The van der Waals surface area contributed by atoms with E-state index in [-0.39, 0.29) is 34.4 Å². The minimum absolute atomic E-state index is 0.0938. The first-order valence-corrected chi connectivity index (χ1v) is 12.1. The highest BCUT2D eigenvalue weighted by molar-refractivity contribution is 6.39. The Bertz CT molecular complexity index is 1410. The number of ether oxygens (including phenoxy) is 3. The molecule has 1 saturated heterocycles. The van der Waals surface area contributed by atoms with Gasteiger partial charge in [-0.3, -0.25) is 14.9 Å². The molecule has 0 atom stereocenters. The lowest BCUT2D eigenvalue weighted by molar-refractivity contribution is -0.122. The van der Waals surface area contributed by atoms with Crippen molar-refractivity contribution in [3.63, 3.8) is 0 Å². The maximum Gasteiger partial charge on any atom is 0.335 e. The zero-order chi connectivity index (χ0) is 27.2. The average molecular weight is 539 g/mol. The van der Waals surface area contributed by atoms with E-state index in [0.29, 0.717) is 23.5 Å². The minimum atomic E-state index is -0.869. The Balaban J connectivity index is 1.60. The topological polar surface area (TPSA) is 94.2 Å². The number of nitrogens with zero attached hydrogens (tertiary/aromatic N) is 1. The largest absolute Gasteiger partial charge is 0.494 e. The summed E-state index contributed by atoms with van der Waals surface area (Å²) in [5, 5.41) is 2.30. The predicted octanol–water partition coefficient (Wildman–Crippen LogP) is 5.52. The monoisotopic (exact) mass is 538 g/mol.